The molecule has 0 bridgehead atoms. The lowest BCUT2D eigenvalue weighted by Crippen LogP contribution is -2.10. The van der Waals surface area contributed by atoms with Crippen molar-refractivity contribution in [2.45, 2.75) is 0 Å². The summed E-state index contributed by atoms with van der Waals surface area (Å²) in [5, 5.41) is 0. The Morgan fingerprint density at radius 2 is 1.93 bits per heavy atom. The summed E-state index contributed by atoms with van der Waals surface area (Å²) in [4.78, 5) is 2.03. The summed E-state index contributed by atoms with van der Waals surface area (Å²) in [6.45, 7) is 0. The second-order valence-corrected chi connectivity index (χ2v) is 3.11. The maximum Gasteiger partial charge on any atom is 0.229 e. The van der Waals surface area contributed by atoms with Gasteiger partial charge in [-0.2, -0.15) is 0 Å². The Morgan fingerprint density at radius 3 is 2.43 bits per heavy atom. The summed E-state index contributed by atoms with van der Waals surface area (Å²) < 4.78 is 4.79. The normalized spacial score (nSPS) is 12.1. The van der Waals surface area contributed by atoms with Gasteiger partial charge < -0.3 is 9.32 Å². The van der Waals surface area contributed by atoms with Gasteiger partial charge in [-0.05, 0) is 14.1 Å². The summed E-state index contributed by atoms with van der Waals surface area (Å²) in [6, 6.07) is 10.1. The van der Waals surface area contributed by atoms with Crippen LogP contribution in [0.2, 0.25) is 0 Å². The van der Waals surface area contributed by atoms with Crippen LogP contribution >= 0.6 is 0 Å². The molecule has 0 aromatic heterocycles. The minimum atomic E-state index is 1.08. The van der Waals surface area contributed by atoms with Gasteiger partial charge in [0.1, 0.15) is 0 Å². The van der Waals surface area contributed by atoms with Crippen LogP contribution in [0.25, 0.3) is 5.70 Å². The highest BCUT2D eigenvalue weighted by Gasteiger charge is 1.93. The number of nitrogens with zero attached hydrogens (tertiary/aromatic N) is 1. The van der Waals surface area contributed by atoms with Crippen LogP contribution in [0.15, 0.2) is 36.4 Å². The fraction of sp³-hybridized carbons (Fsp3) is 0.250. The highest BCUT2D eigenvalue weighted by atomic mass is 16.4. The first kappa shape index (κ1) is 10.5. The van der Waals surface area contributed by atoms with E-state index in [1.54, 1.807) is 7.11 Å². The molecule has 1 aromatic carbocycles. The van der Waals surface area contributed by atoms with Crippen molar-refractivity contribution in [3.63, 3.8) is 0 Å². The van der Waals surface area contributed by atoms with Crippen molar-refractivity contribution in [2.24, 2.45) is 0 Å². The van der Waals surface area contributed by atoms with Gasteiger partial charge in [-0.1, -0.05) is 41.6 Å². The van der Waals surface area contributed by atoms with Gasteiger partial charge in [0.25, 0.3) is 0 Å². The van der Waals surface area contributed by atoms with Crippen molar-refractivity contribution in [2.75, 3.05) is 21.2 Å². The fourth-order valence-corrected chi connectivity index (χ4v) is 1.19. The Labute approximate surface area is 85.2 Å². The van der Waals surface area contributed by atoms with Crippen molar-refractivity contribution in [3.8, 4) is 0 Å². The minimum absolute atomic E-state index is 1.08. The lowest BCUT2D eigenvalue weighted by Gasteiger charge is -2.24. The molecule has 74 valence electrons. The van der Waals surface area contributed by atoms with E-state index < -0.39 is 0 Å². The summed E-state index contributed by atoms with van der Waals surface area (Å²) in [7, 11) is 5.58. The zero-order chi connectivity index (χ0) is 10.4. The molecule has 0 aliphatic heterocycles. The molecule has 0 heterocycles. The van der Waals surface area contributed by atoms with Crippen LogP contribution in [0.5, 0.6) is 0 Å². The molecule has 0 spiro atoms. The predicted molar refractivity (Wildman–Crippen MR) is 59.7 cm³/mol. The van der Waals surface area contributed by atoms with E-state index in [1.807, 2.05) is 43.3 Å². The molecular weight excluding hydrogens is 174 g/mol. The fourth-order valence-electron chi connectivity index (χ4n) is 1.19. The van der Waals surface area contributed by atoms with Crippen LogP contribution in [0.3, 0.4) is 0 Å². The van der Waals surface area contributed by atoms with E-state index >= 15 is 0 Å². The molecule has 0 aliphatic carbocycles. The average Bonchev–Trinajstić information content (AvgIpc) is 2.19. The van der Waals surface area contributed by atoms with Crippen molar-refractivity contribution < 1.29 is 4.42 Å². The molecule has 14 heavy (non-hydrogen) atoms. The Kier molecular flexibility index (Phi) is 3.92. The number of allylic oxidation sites excluding steroid dienone is 1. The topological polar surface area (TPSA) is 14.5 Å². The quantitative estimate of drug-likeness (QED) is 0.402. The van der Waals surface area contributed by atoms with Gasteiger partial charge in [-0.25, -0.2) is 0 Å². The monoisotopic (exact) mass is 189 g/mol. The van der Waals surface area contributed by atoms with Crippen LogP contribution in [0.1, 0.15) is 5.56 Å². The SMILES string of the molecule is C[O+]=[C-]/C=C(/c1ccccc1)N(C)C. The second-order valence-electron chi connectivity index (χ2n) is 3.11. The zero-order valence-electron chi connectivity index (χ0n) is 8.82. The Morgan fingerprint density at radius 1 is 1.29 bits per heavy atom. The maximum atomic E-state index is 4.79. The molecule has 0 amide bonds. The van der Waals surface area contributed by atoms with Gasteiger partial charge in [-0.3, -0.25) is 0 Å². The van der Waals surface area contributed by atoms with Crippen LogP contribution in [0.4, 0.5) is 0 Å². The van der Waals surface area contributed by atoms with E-state index in [1.165, 1.54) is 0 Å². The molecule has 0 saturated heterocycles. The van der Waals surface area contributed by atoms with Crippen LogP contribution < -0.4 is 0 Å². The van der Waals surface area contributed by atoms with E-state index in [0.717, 1.165) is 11.3 Å². The number of carbonyl (C=O) groups excluding carboxylic acids is 1. The largest absolute Gasteiger partial charge is 0.453 e. The van der Waals surface area contributed by atoms with E-state index in [2.05, 4.69) is 18.4 Å². The smallest absolute Gasteiger partial charge is 0.229 e. The van der Waals surface area contributed by atoms with Crippen LogP contribution in [-0.2, 0) is 4.42 Å². The van der Waals surface area contributed by atoms with E-state index in [9.17, 15) is 0 Å². The first-order valence-electron chi connectivity index (χ1n) is 4.47. The Bertz CT molecular complexity index is 325. The standard InChI is InChI=1S/C12H15NO/c1-13(2)12(9-10-14-3)11-7-5-4-6-8-11/h4-9H,1-3H3/b12-9-. The molecule has 2 heteroatoms. The van der Waals surface area contributed by atoms with Gasteiger partial charge in [0.2, 0.25) is 13.4 Å². The van der Waals surface area contributed by atoms with Crippen molar-refractivity contribution >= 4 is 12.0 Å². The average molecular weight is 189 g/mol. The molecule has 0 fully saturated rings. The highest BCUT2D eigenvalue weighted by molar-refractivity contribution is 5.81. The van der Waals surface area contributed by atoms with Gasteiger partial charge in [0.05, 0.1) is 0 Å². The summed E-state index contributed by atoms with van der Waals surface area (Å²) in [5.74, 6) is 0. The Hall–Kier alpha value is -1.57. The lowest BCUT2D eigenvalue weighted by atomic mass is 10.1. The summed E-state index contributed by atoms with van der Waals surface area (Å²) >= 11 is 0. The molecule has 0 aliphatic rings. The lowest BCUT2D eigenvalue weighted by molar-refractivity contribution is 0.186. The second kappa shape index (κ2) is 5.22. The van der Waals surface area contributed by atoms with Crippen LogP contribution in [0, 0.1) is 0 Å². The van der Waals surface area contributed by atoms with E-state index in [0.29, 0.717) is 0 Å². The third-order valence-electron chi connectivity index (χ3n) is 1.86. The highest BCUT2D eigenvalue weighted by Crippen LogP contribution is 2.14. The molecule has 0 radical (unpaired) electrons. The molecular formula is C12H15NO. The number of rotatable bonds is 3. The molecule has 1 rings (SSSR count). The molecule has 0 saturated carbocycles. The molecule has 1 aromatic rings. The minimum Gasteiger partial charge on any atom is -0.453 e. The van der Waals surface area contributed by atoms with Crippen LogP contribution in [-0.4, -0.2) is 32.4 Å². The summed E-state index contributed by atoms with van der Waals surface area (Å²) in [5.41, 5.74) is 2.23. The van der Waals surface area contributed by atoms with Gasteiger partial charge in [0.15, 0.2) is 0 Å². The molecule has 0 N–H and O–H groups in total. The van der Waals surface area contributed by atoms with Gasteiger partial charge in [-0.15, -0.1) is 6.08 Å². The van der Waals surface area contributed by atoms with Crippen molar-refractivity contribution in [1.29, 1.82) is 0 Å². The number of benzene rings is 1. The molecule has 2 nitrogen and oxygen atoms in total. The predicted octanol–water partition coefficient (Wildman–Crippen LogP) is 1.86. The number of hydrogen-bond donors (Lipinski definition) is 0. The maximum absolute atomic E-state index is 4.79. The van der Waals surface area contributed by atoms with Crippen molar-refractivity contribution in [1.82, 2.24) is 4.90 Å². The third kappa shape index (κ3) is 2.73. The first-order chi connectivity index (χ1) is 6.75. The van der Waals surface area contributed by atoms with Crippen molar-refractivity contribution in [3.05, 3.63) is 42.0 Å². The zero-order valence-corrected chi connectivity index (χ0v) is 8.82. The summed E-state index contributed by atoms with van der Waals surface area (Å²) in [6.07, 6.45) is 4.55. The number of hydrogen-bond acceptors (Lipinski definition) is 1. The van der Waals surface area contributed by atoms with Gasteiger partial charge >= 0.3 is 0 Å². The van der Waals surface area contributed by atoms with Gasteiger partial charge in [0, 0.05) is 0 Å². The Balaban J connectivity index is 3.01. The van der Waals surface area contributed by atoms with E-state index in [4.69, 9.17) is 4.42 Å². The first-order valence-corrected chi connectivity index (χ1v) is 4.47. The third-order valence-corrected chi connectivity index (χ3v) is 1.86. The van der Waals surface area contributed by atoms with E-state index in [-0.39, 0.29) is 0 Å². The molecule has 0 atom stereocenters. The molecule has 0 unspecified atom stereocenters.